The number of anilines is 3. The van der Waals surface area contributed by atoms with Crippen LogP contribution in [0.5, 0.6) is 17.2 Å². The Morgan fingerprint density at radius 1 is 0.708 bits per heavy atom. The molecule has 96 heavy (non-hydrogen) atoms. The van der Waals surface area contributed by atoms with Crippen LogP contribution in [0, 0.1) is 19.8 Å². The monoisotopic (exact) mass is 1330 g/mol. The van der Waals surface area contributed by atoms with Gasteiger partial charge in [-0.1, -0.05) is 12.2 Å². The highest BCUT2D eigenvalue weighted by Crippen LogP contribution is 2.36. The Hall–Kier alpha value is -10.8. The molecule has 1 fully saturated rings. The number of nitrogens with zero attached hydrogens (tertiary/aromatic N) is 10. The number of carbonyl (C=O) groups excluding carboxylic acids is 8. The largest absolute Gasteiger partial charge is 0.494 e. The second kappa shape index (κ2) is 29.6. The maximum absolute atomic E-state index is 14.2. The van der Waals surface area contributed by atoms with Gasteiger partial charge in [0.1, 0.15) is 64.5 Å². The number of nitrogens with two attached hydrogens (primary N) is 2. The third-order valence-electron chi connectivity index (χ3n) is 16.3. The van der Waals surface area contributed by atoms with Crippen molar-refractivity contribution in [3.05, 3.63) is 118 Å². The summed E-state index contributed by atoms with van der Waals surface area (Å²) in [6, 6.07) is 13.9. The molecule has 5 heterocycles. The van der Waals surface area contributed by atoms with Gasteiger partial charge in [-0.2, -0.15) is 10.2 Å². The summed E-state index contributed by atoms with van der Waals surface area (Å²) < 4.78 is 25.1. The summed E-state index contributed by atoms with van der Waals surface area (Å²) in [7, 11) is 5.28. The lowest BCUT2D eigenvalue weighted by Crippen LogP contribution is -2.57. The van der Waals surface area contributed by atoms with E-state index in [0.29, 0.717) is 59.6 Å². The smallest absolute Gasteiger partial charge is 0.309 e. The number of carboxylic acid groups (broad SMARTS) is 1. The van der Waals surface area contributed by atoms with Crippen LogP contribution in [0.25, 0.3) is 22.1 Å². The number of imide groups is 1. The Labute approximate surface area is 549 Å². The minimum absolute atomic E-state index is 0.0242. The summed E-state index contributed by atoms with van der Waals surface area (Å²) in [5.41, 5.74) is 15.7. The van der Waals surface area contributed by atoms with Gasteiger partial charge < -0.3 is 70.4 Å². The SMILES string of the molecule is CCn1nc(C)cc1C(=O)Nc1nc2cc(C(N)=O)cc(OC)c2n1C/C=C/Cn1c(NC(=O)c2cc(C)nn2CC)nc2cc(C(N)=O)cc(OCCC[N+](C)(C)Cc3ccc(OC4C[C@H](C(=O)O)[C@@H](O)[C@H](O)[C@H]4O)cc3NC(=O)CCNC(=O)CCN3C(=O)C=CC3=O)c21. The molecule has 1 aliphatic carbocycles. The Morgan fingerprint density at radius 2 is 1.26 bits per heavy atom. The van der Waals surface area contributed by atoms with Gasteiger partial charge in [-0.3, -0.25) is 68.0 Å². The van der Waals surface area contributed by atoms with Gasteiger partial charge in [0.15, 0.2) is 0 Å². The predicted octanol–water partition coefficient (Wildman–Crippen LogP) is 2.14. The van der Waals surface area contributed by atoms with Crippen molar-refractivity contribution >= 4 is 92.9 Å². The molecule has 7 aromatic rings. The van der Waals surface area contributed by atoms with Gasteiger partial charge in [0, 0.05) is 99.9 Å². The van der Waals surface area contributed by atoms with Crippen LogP contribution in [0.15, 0.2) is 78.9 Å². The first-order valence-electron chi connectivity index (χ1n) is 30.9. The Balaban J connectivity index is 0.967. The van der Waals surface area contributed by atoms with E-state index in [0.717, 1.165) is 17.1 Å². The zero-order chi connectivity index (χ0) is 69.4. The number of aromatic nitrogens is 8. The molecule has 5 atom stereocenters. The molecule has 0 saturated heterocycles. The number of methoxy groups -OCH3 is 1. The number of aliphatic hydroxyl groups is 3. The minimum Gasteiger partial charge on any atom is -0.494 e. The van der Waals surface area contributed by atoms with Gasteiger partial charge in [0.25, 0.3) is 23.6 Å². The van der Waals surface area contributed by atoms with Crippen LogP contribution in [-0.2, 0) is 56.7 Å². The molecule has 32 nitrogen and oxygen atoms in total. The molecule has 1 unspecified atom stereocenters. The third-order valence-corrected chi connectivity index (χ3v) is 16.3. The molecular formula is C64H77N16O16+. The molecule has 32 heteroatoms. The first-order chi connectivity index (χ1) is 45.7. The molecule has 2 aliphatic rings. The van der Waals surface area contributed by atoms with E-state index >= 15 is 0 Å². The quantitative estimate of drug-likeness (QED) is 0.0133. The van der Waals surface area contributed by atoms with Crippen LogP contribution < -0.4 is 46.9 Å². The van der Waals surface area contributed by atoms with Crippen LogP contribution >= 0.6 is 0 Å². The van der Waals surface area contributed by atoms with Crippen LogP contribution in [-0.4, -0.2) is 194 Å². The van der Waals surface area contributed by atoms with E-state index in [2.05, 4.69) is 31.5 Å². The standard InChI is InChI=1S/C64H76N16O16/c1-8-78-44(25-34(3)73-78)60(90)71-63-69-42-27-37(58(65)88)29-46(94-7)53(42)76(63)20-10-11-21-77-54-43(70-64(77)72-61(91)45-26-35(4)74-79(45)9-2)28-38(59(66)89)30-47(54)95-24-12-23-80(5,6)33-36-13-14-39(96-48-32-40(62(92)93)55(85)57(87)56(48)86)31-41(36)68-50(82)17-19-67-49(81)18-22-75-51(83)15-16-52(75)84/h10-11,13-16,25-31,40,48,55-57,85-87H,8-9,12,17-24,32-33H2,1-7H3,(H8-,65,66,67,68,69,70,71,72,81,82,88,89,90,91,92,93)/p+1/b11-10+/t40-,48?,55+,56-,57-/m0/s1. The number of carbonyl (C=O) groups is 9. The maximum Gasteiger partial charge on any atom is 0.309 e. The lowest BCUT2D eigenvalue weighted by Gasteiger charge is -2.38. The van der Waals surface area contributed by atoms with E-state index in [1.807, 2.05) is 27.9 Å². The van der Waals surface area contributed by atoms with Gasteiger partial charge in [0.05, 0.1) is 74.5 Å². The molecule has 8 amide bonds. The molecule has 0 spiro atoms. The van der Waals surface area contributed by atoms with Crippen molar-refractivity contribution in [2.75, 3.05) is 63.4 Å². The van der Waals surface area contributed by atoms with Crippen molar-refractivity contribution in [1.82, 2.24) is 48.9 Å². The first-order valence-corrected chi connectivity index (χ1v) is 30.9. The van der Waals surface area contributed by atoms with E-state index in [9.17, 15) is 63.6 Å². The average Bonchev–Trinajstić information content (AvgIpc) is 1.59. The van der Waals surface area contributed by atoms with Gasteiger partial charge >= 0.3 is 5.97 Å². The predicted molar refractivity (Wildman–Crippen MR) is 346 cm³/mol. The fraction of sp³-hybridized carbons (Fsp3) is 0.391. The molecule has 3 aromatic carbocycles. The number of carboxylic acids is 1. The van der Waals surface area contributed by atoms with Crippen molar-refractivity contribution in [3.8, 4) is 17.2 Å². The van der Waals surface area contributed by atoms with Crippen LogP contribution in [0.3, 0.4) is 0 Å². The highest BCUT2D eigenvalue weighted by molar-refractivity contribution is 6.13. The van der Waals surface area contributed by atoms with Crippen LogP contribution in [0.1, 0.15) is 98.2 Å². The van der Waals surface area contributed by atoms with Crippen molar-refractivity contribution in [2.24, 2.45) is 17.4 Å². The number of rotatable bonds is 30. The van der Waals surface area contributed by atoms with Crippen LogP contribution in [0.4, 0.5) is 17.6 Å². The number of hydrogen-bond acceptors (Lipinski definition) is 19. The number of imidazole rings is 2. The lowest BCUT2D eigenvalue weighted by atomic mass is 9.81. The summed E-state index contributed by atoms with van der Waals surface area (Å²) in [6.45, 7) is 8.59. The average molecular weight is 1330 g/mol. The van der Waals surface area contributed by atoms with E-state index in [-0.39, 0.29) is 126 Å². The number of quaternary nitrogens is 1. The van der Waals surface area contributed by atoms with Gasteiger partial charge in [0.2, 0.25) is 35.5 Å². The number of benzene rings is 3. The number of nitrogens with one attached hydrogen (secondary N) is 4. The highest BCUT2D eigenvalue weighted by atomic mass is 16.5. The molecule has 0 radical (unpaired) electrons. The number of aliphatic carboxylic acids is 1. The molecule has 12 N–H and O–H groups in total. The Morgan fingerprint density at radius 3 is 1.79 bits per heavy atom. The molecular weight excluding hydrogens is 1250 g/mol. The third kappa shape index (κ3) is 15.9. The Bertz CT molecular complexity index is 4240. The first kappa shape index (κ1) is 69.5. The number of aliphatic hydroxyl groups excluding tert-OH is 3. The Kier molecular flexibility index (Phi) is 21.5. The van der Waals surface area contributed by atoms with E-state index in [4.69, 9.17) is 35.6 Å². The molecule has 1 aliphatic heterocycles. The van der Waals surface area contributed by atoms with Gasteiger partial charge in [-0.15, -0.1) is 0 Å². The second-order valence-electron chi connectivity index (χ2n) is 23.8. The van der Waals surface area contributed by atoms with Crippen molar-refractivity contribution in [2.45, 2.75) is 111 Å². The van der Waals surface area contributed by atoms with Crippen molar-refractivity contribution < 1.29 is 82.3 Å². The number of hydrogen-bond donors (Lipinski definition) is 10. The number of amides is 8. The topological polar surface area (TPSA) is 437 Å². The lowest BCUT2D eigenvalue weighted by molar-refractivity contribution is -0.903. The number of ether oxygens (including phenoxy) is 3. The minimum atomic E-state index is -1.84. The molecule has 9 rings (SSSR count). The zero-order valence-corrected chi connectivity index (χ0v) is 53.9. The van der Waals surface area contributed by atoms with Crippen molar-refractivity contribution in [3.63, 3.8) is 0 Å². The summed E-state index contributed by atoms with van der Waals surface area (Å²) in [6.07, 6.45) is -1.16. The summed E-state index contributed by atoms with van der Waals surface area (Å²) in [5, 5.41) is 61.8. The summed E-state index contributed by atoms with van der Waals surface area (Å²) in [4.78, 5) is 126. The molecule has 1 saturated carbocycles. The van der Waals surface area contributed by atoms with Crippen LogP contribution in [0.2, 0.25) is 0 Å². The number of allylic oxidation sites excluding steroid dienone is 2. The van der Waals surface area contributed by atoms with Gasteiger partial charge in [-0.05, 0) is 76.2 Å². The number of primary amides is 2. The second-order valence-corrected chi connectivity index (χ2v) is 23.8. The fourth-order valence-electron chi connectivity index (χ4n) is 11.5. The molecule has 0 bridgehead atoms. The summed E-state index contributed by atoms with van der Waals surface area (Å²) in [5.74, 6) is -6.83. The number of aryl methyl sites for hydroxylation is 4. The zero-order valence-electron chi connectivity index (χ0n) is 53.9. The summed E-state index contributed by atoms with van der Waals surface area (Å²) >= 11 is 0. The maximum atomic E-state index is 14.2. The van der Waals surface area contributed by atoms with E-state index in [1.165, 1.54) is 37.4 Å². The van der Waals surface area contributed by atoms with Gasteiger partial charge in [-0.25, -0.2) is 9.97 Å². The van der Waals surface area contributed by atoms with E-state index in [1.54, 1.807) is 68.8 Å². The highest BCUT2D eigenvalue weighted by Gasteiger charge is 2.47. The fourth-order valence-corrected chi connectivity index (χ4v) is 11.5. The van der Waals surface area contributed by atoms with Crippen molar-refractivity contribution in [1.29, 1.82) is 0 Å². The number of fused-ring (bicyclic) bond motifs is 2. The normalized spacial score (nSPS) is 17.1. The van der Waals surface area contributed by atoms with E-state index < -0.39 is 83.6 Å². The molecule has 4 aromatic heterocycles. The molecule has 508 valence electrons.